The van der Waals surface area contributed by atoms with Crippen LogP contribution in [0, 0.1) is 0 Å². The van der Waals surface area contributed by atoms with Crippen LogP contribution in [0.25, 0.3) is 0 Å². The Morgan fingerprint density at radius 1 is 1.19 bits per heavy atom. The van der Waals surface area contributed by atoms with Gasteiger partial charge in [-0.3, -0.25) is 19.2 Å². The molecule has 26 heavy (non-hydrogen) atoms. The van der Waals surface area contributed by atoms with Crippen molar-refractivity contribution in [3.63, 3.8) is 0 Å². The third-order valence-corrected chi connectivity index (χ3v) is 4.88. The lowest BCUT2D eigenvalue weighted by Crippen LogP contribution is -2.59. The minimum Gasteiger partial charge on any atom is -0.368 e. The summed E-state index contributed by atoms with van der Waals surface area (Å²) in [6, 6.07) is 11.4. The van der Waals surface area contributed by atoms with Crippen LogP contribution in [-0.2, 0) is 29.6 Å². The van der Waals surface area contributed by atoms with Gasteiger partial charge in [-0.2, -0.15) is 5.10 Å². The van der Waals surface area contributed by atoms with E-state index in [2.05, 4.69) is 22.1 Å². The van der Waals surface area contributed by atoms with Crippen molar-refractivity contribution in [3.05, 3.63) is 53.9 Å². The van der Waals surface area contributed by atoms with Crippen molar-refractivity contribution in [2.75, 3.05) is 19.6 Å². The van der Waals surface area contributed by atoms with Crippen LogP contribution in [-0.4, -0.2) is 57.1 Å². The standard InChI is InChI=1S/C19H25N5O2/c1-22-16(9-10-21-22)7-8-18(25)24-12-11-23(14-17(24)19(20)26)13-15-5-3-2-4-6-15/h2-6,9-10,17H,7-8,11-14H2,1H3,(H2,20,26). The fraction of sp³-hybridized carbons (Fsp3) is 0.421. The molecule has 0 aliphatic carbocycles. The first-order valence-corrected chi connectivity index (χ1v) is 8.86. The molecular weight excluding hydrogens is 330 g/mol. The molecule has 3 rings (SSSR count). The van der Waals surface area contributed by atoms with Gasteiger partial charge in [-0.1, -0.05) is 30.3 Å². The van der Waals surface area contributed by atoms with Crippen LogP contribution in [0.2, 0.25) is 0 Å². The Hall–Kier alpha value is -2.67. The number of nitrogens with two attached hydrogens (primary N) is 1. The van der Waals surface area contributed by atoms with Crippen molar-refractivity contribution in [1.29, 1.82) is 0 Å². The average Bonchev–Trinajstić information content (AvgIpc) is 3.05. The van der Waals surface area contributed by atoms with Crippen molar-refractivity contribution in [2.45, 2.75) is 25.4 Å². The first kappa shape index (κ1) is 18.1. The van der Waals surface area contributed by atoms with Gasteiger partial charge in [0.2, 0.25) is 11.8 Å². The van der Waals surface area contributed by atoms with Gasteiger partial charge in [-0.05, 0) is 18.1 Å². The highest BCUT2D eigenvalue weighted by Crippen LogP contribution is 2.15. The lowest BCUT2D eigenvalue weighted by molar-refractivity contribution is -0.142. The number of piperazine rings is 1. The van der Waals surface area contributed by atoms with Gasteiger partial charge in [-0.25, -0.2) is 0 Å². The second-order valence-electron chi connectivity index (χ2n) is 6.67. The lowest BCUT2D eigenvalue weighted by Gasteiger charge is -2.40. The van der Waals surface area contributed by atoms with E-state index in [0.717, 1.165) is 18.8 Å². The van der Waals surface area contributed by atoms with E-state index >= 15 is 0 Å². The SMILES string of the molecule is Cn1nccc1CCC(=O)N1CCN(Cc2ccccc2)CC1C(N)=O. The maximum atomic E-state index is 12.7. The number of aromatic nitrogens is 2. The van der Waals surface area contributed by atoms with Crippen LogP contribution < -0.4 is 5.73 Å². The van der Waals surface area contributed by atoms with E-state index in [1.165, 1.54) is 5.56 Å². The topological polar surface area (TPSA) is 84.5 Å². The molecule has 7 heteroatoms. The molecule has 1 unspecified atom stereocenters. The molecule has 1 aliphatic heterocycles. The number of hydrogen-bond donors (Lipinski definition) is 1. The summed E-state index contributed by atoms with van der Waals surface area (Å²) in [5, 5.41) is 4.11. The van der Waals surface area contributed by atoms with E-state index in [1.807, 2.05) is 31.3 Å². The predicted molar refractivity (Wildman–Crippen MR) is 97.9 cm³/mol. The third-order valence-electron chi connectivity index (χ3n) is 4.88. The highest BCUT2D eigenvalue weighted by Gasteiger charge is 2.33. The molecule has 0 radical (unpaired) electrons. The monoisotopic (exact) mass is 355 g/mol. The molecule has 2 aromatic rings. The van der Waals surface area contributed by atoms with Gasteiger partial charge in [0.15, 0.2) is 0 Å². The summed E-state index contributed by atoms with van der Waals surface area (Å²) in [6.07, 6.45) is 2.67. The van der Waals surface area contributed by atoms with Crippen LogP contribution in [0.5, 0.6) is 0 Å². The Balaban J connectivity index is 1.60. The summed E-state index contributed by atoms with van der Waals surface area (Å²) >= 11 is 0. The molecule has 1 aromatic heterocycles. The zero-order valence-electron chi connectivity index (χ0n) is 15.0. The van der Waals surface area contributed by atoms with Crippen molar-refractivity contribution < 1.29 is 9.59 Å². The molecule has 1 saturated heterocycles. The van der Waals surface area contributed by atoms with E-state index < -0.39 is 11.9 Å². The molecule has 7 nitrogen and oxygen atoms in total. The number of rotatable bonds is 6. The third kappa shape index (κ3) is 4.29. The number of carbonyl (C=O) groups is 2. The zero-order chi connectivity index (χ0) is 18.5. The molecule has 1 aliphatic rings. The van der Waals surface area contributed by atoms with Gasteiger partial charge in [0.05, 0.1) is 0 Å². The largest absolute Gasteiger partial charge is 0.368 e. The Bertz CT molecular complexity index is 758. The summed E-state index contributed by atoms with van der Waals surface area (Å²) in [7, 11) is 1.86. The zero-order valence-corrected chi connectivity index (χ0v) is 15.0. The molecule has 2 N–H and O–H groups in total. The van der Waals surface area contributed by atoms with Gasteiger partial charge in [0.1, 0.15) is 6.04 Å². The van der Waals surface area contributed by atoms with Crippen molar-refractivity contribution >= 4 is 11.8 Å². The van der Waals surface area contributed by atoms with Crippen LogP contribution in [0.4, 0.5) is 0 Å². The van der Waals surface area contributed by atoms with Gasteiger partial charge >= 0.3 is 0 Å². The maximum Gasteiger partial charge on any atom is 0.241 e. The van der Waals surface area contributed by atoms with Gasteiger partial charge < -0.3 is 10.6 Å². The summed E-state index contributed by atoms with van der Waals surface area (Å²) in [4.78, 5) is 28.4. The minimum absolute atomic E-state index is 0.0330. The molecular formula is C19H25N5O2. The smallest absolute Gasteiger partial charge is 0.241 e. The number of hydrogen-bond acceptors (Lipinski definition) is 4. The normalized spacial score (nSPS) is 18.0. The van der Waals surface area contributed by atoms with Crippen LogP contribution >= 0.6 is 0 Å². The average molecular weight is 355 g/mol. The number of primary amides is 1. The van der Waals surface area contributed by atoms with E-state index in [-0.39, 0.29) is 5.91 Å². The van der Waals surface area contributed by atoms with Gasteiger partial charge in [0.25, 0.3) is 0 Å². The summed E-state index contributed by atoms with van der Waals surface area (Å²) in [5.41, 5.74) is 7.78. The molecule has 0 spiro atoms. The van der Waals surface area contributed by atoms with Crippen molar-refractivity contribution in [3.8, 4) is 0 Å². The molecule has 0 bridgehead atoms. The fourth-order valence-electron chi connectivity index (χ4n) is 3.39. The summed E-state index contributed by atoms with van der Waals surface area (Å²) in [5.74, 6) is -0.481. The fourth-order valence-corrected chi connectivity index (χ4v) is 3.39. The van der Waals surface area contributed by atoms with Crippen molar-refractivity contribution in [1.82, 2.24) is 19.6 Å². The molecule has 1 fully saturated rings. The number of nitrogens with zero attached hydrogens (tertiary/aromatic N) is 4. The highest BCUT2D eigenvalue weighted by molar-refractivity contribution is 5.87. The Labute approximate surface area is 153 Å². The molecule has 138 valence electrons. The second-order valence-corrected chi connectivity index (χ2v) is 6.67. The van der Waals surface area contributed by atoms with Crippen LogP contribution in [0.1, 0.15) is 17.7 Å². The first-order chi connectivity index (χ1) is 12.5. The first-order valence-electron chi connectivity index (χ1n) is 8.86. The van der Waals surface area contributed by atoms with Crippen LogP contribution in [0.15, 0.2) is 42.6 Å². The van der Waals surface area contributed by atoms with Crippen molar-refractivity contribution in [2.24, 2.45) is 12.8 Å². The Morgan fingerprint density at radius 2 is 1.96 bits per heavy atom. The molecule has 1 atom stereocenters. The van der Waals surface area contributed by atoms with Gasteiger partial charge in [0, 0.05) is 51.5 Å². The second kappa shape index (κ2) is 8.14. The number of aryl methyl sites for hydroxylation is 2. The van der Waals surface area contributed by atoms with E-state index in [1.54, 1.807) is 15.8 Å². The van der Waals surface area contributed by atoms with Gasteiger partial charge in [-0.15, -0.1) is 0 Å². The number of benzene rings is 1. The lowest BCUT2D eigenvalue weighted by atomic mass is 10.1. The van der Waals surface area contributed by atoms with E-state index in [4.69, 9.17) is 5.73 Å². The van der Waals surface area contributed by atoms with E-state index in [9.17, 15) is 9.59 Å². The molecule has 2 heterocycles. The minimum atomic E-state index is -0.577. The quantitative estimate of drug-likeness (QED) is 0.820. The highest BCUT2D eigenvalue weighted by atomic mass is 16.2. The molecule has 0 saturated carbocycles. The number of amides is 2. The Kier molecular flexibility index (Phi) is 5.68. The van der Waals surface area contributed by atoms with E-state index in [0.29, 0.717) is 25.9 Å². The summed E-state index contributed by atoms with van der Waals surface area (Å²) < 4.78 is 1.76. The van der Waals surface area contributed by atoms with Crippen LogP contribution in [0.3, 0.4) is 0 Å². The number of carbonyl (C=O) groups excluding carboxylic acids is 2. The maximum absolute atomic E-state index is 12.7. The molecule has 2 amide bonds. The molecule has 1 aromatic carbocycles. The predicted octanol–water partition coefficient (Wildman–Crippen LogP) is 0.551. The Morgan fingerprint density at radius 3 is 2.62 bits per heavy atom. The summed E-state index contributed by atoms with van der Waals surface area (Å²) in [6.45, 7) is 2.48.